The van der Waals surface area contributed by atoms with Gasteiger partial charge in [0.2, 0.25) is 29.5 Å². The van der Waals surface area contributed by atoms with E-state index in [-0.39, 0.29) is 30.6 Å². The Bertz CT molecular complexity index is 1210. The Hall–Kier alpha value is -4.08. The summed E-state index contributed by atoms with van der Waals surface area (Å²) in [6.07, 6.45) is 2.18. The number of aliphatic carboxylic acids is 1. The van der Waals surface area contributed by atoms with Crippen molar-refractivity contribution in [2.75, 3.05) is 19.8 Å². The van der Waals surface area contributed by atoms with Crippen LogP contribution < -0.4 is 31.9 Å². The number of carboxylic acids is 1. The number of hydrogen-bond acceptors (Lipinski definition) is 9. The van der Waals surface area contributed by atoms with Crippen molar-refractivity contribution >= 4 is 35.5 Å². The molecule has 0 spiro atoms. The molecule has 0 aliphatic carbocycles. The van der Waals surface area contributed by atoms with Crippen LogP contribution in [0.15, 0.2) is 30.3 Å². The molecule has 15 heteroatoms. The van der Waals surface area contributed by atoms with Gasteiger partial charge in [-0.25, -0.2) is 4.79 Å². The molecule has 1 saturated heterocycles. The van der Waals surface area contributed by atoms with E-state index in [2.05, 4.69) is 31.9 Å². The number of hydrogen-bond donors (Lipinski definition) is 9. The molecule has 1 aliphatic heterocycles. The number of rotatable bonds is 19. The summed E-state index contributed by atoms with van der Waals surface area (Å²) in [5.41, 5.74) is 0.638. The highest BCUT2D eigenvalue weighted by Gasteiger charge is 2.34. The van der Waals surface area contributed by atoms with Crippen LogP contribution in [0.3, 0.4) is 0 Å². The Morgan fingerprint density at radius 1 is 0.787 bits per heavy atom. The molecule has 9 N–H and O–H groups in total. The van der Waals surface area contributed by atoms with Gasteiger partial charge in [0.1, 0.15) is 30.2 Å². The zero-order chi connectivity index (χ0) is 35.1. The summed E-state index contributed by atoms with van der Waals surface area (Å²) in [4.78, 5) is 77.2. The molecule has 0 bridgehead atoms. The van der Waals surface area contributed by atoms with Crippen LogP contribution in [0, 0.1) is 11.8 Å². The second kappa shape index (κ2) is 19.6. The zero-order valence-electron chi connectivity index (χ0n) is 27.5. The fourth-order valence-electron chi connectivity index (χ4n) is 5.08. The first-order valence-corrected chi connectivity index (χ1v) is 16.0. The van der Waals surface area contributed by atoms with E-state index in [1.54, 1.807) is 30.3 Å². The Morgan fingerprint density at radius 2 is 1.32 bits per heavy atom. The number of aliphatic hydroxyl groups excluding tert-OH is 2. The van der Waals surface area contributed by atoms with E-state index in [4.69, 9.17) is 0 Å². The Labute approximate surface area is 275 Å². The van der Waals surface area contributed by atoms with Gasteiger partial charge in [-0.1, -0.05) is 64.4 Å². The van der Waals surface area contributed by atoms with Crippen LogP contribution in [0.2, 0.25) is 0 Å². The second-order valence-corrected chi connectivity index (χ2v) is 12.3. The van der Waals surface area contributed by atoms with Crippen LogP contribution in [0.25, 0.3) is 0 Å². The van der Waals surface area contributed by atoms with Gasteiger partial charge in [-0.2, -0.15) is 0 Å². The van der Waals surface area contributed by atoms with Crippen LogP contribution in [-0.4, -0.2) is 107 Å². The zero-order valence-corrected chi connectivity index (χ0v) is 27.5. The van der Waals surface area contributed by atoms with E-state index in [0.29, 0.717) is 24.9 Å². The lowest BCUT2D eigenvalue weighted by molar-refractivity contribution is -0.142. The van der Waals surface area contributed by atoms with Crippen LogP contribution in [0.1, 0.15) is 58.9 Å². The van der Waals surface area contributed by atoms with Crippen molar-refractivity contribution in [1.29, 1.82) is 0 Å². The number of benzene rings is 1. The van der Waals surface area contributed by atoms with Crippen LogP contribution in [0.5, 0.6) is 0 Å². The van der Waals surface area contributed by atoms with Gasteiger partial charge >= 0.3 is 5.97 Å². The number of carbonyl (C=O) groups excluding carboxylic acids is 5. The largest absolute Gasteiger partial charge is 0.480 e. The maximum atomic E-state index is 13.4. The summed E-state index contributed by atoms with van der Waals surface area (Å²) in [5.74, 6) is -5.32. The molecule has 47 heavy (non-hydrogen) atoms. The van der Waals surface area contributed by atoms with Crippen molar-refractivity contribution in [3.8, 4) is 0 Å². The fraction of sp³-hybridized carbons (Fsp3) is 0.625. The highest BCUT2D eigenvalue weighted by Crippen LogP contribution is 2.13. The number of aliphatic hydroxyl groups is 2. The monoisotopic (exact) mass is 662 g/mol. The summed E-state index contributed by atoms with van der Waals surface area (Å²) >= 11 is 0. The molecule has 0 aromatic heterocycles. The third-order valence-corrected chi connectivity index (χ3v) is 8.04. The Morgan fingerprint density at radius 3 is 1.79 bits per heavy atom. The molecule has 15 nitrogen and oxygen atoms in total. The maximum Gasteiger partial charge on any atom is 0.326 e. The van der Waals surface area contributed by atoms with E-state index >= 15 is 0 Å². The predicted molar refractivity (Wildman–Crippen MR) is 172 cm³/mol. The molecular formula is C32H50N6O9. The second-order valence-electron chi connectivity index (χ2n) is 12.3. The third kappa shape index (κ3) is 12.6. The van der Waals surface area contributed by atoms with Crippen LogP contribution in [0.4, 0.5) is 0 Å². The minimum atomic E-state index is -1.59. The van der Waals surface area contributed by atoms with E-state index in [1.807, 2.05) is 27.7 Å². The Kier molecular flexibility index (Phi) is 16.3. The van der Waals surface area contributed by atoms with Crippen LogP contribution in [-0.2, 0) is 35.2 Å². The van der Waals surface area contributed by atoms with Gasteiger partial charge in [0.15, 0.2) is 0 Å². The molecule has 0 unspecified atom stereocenters. The SMILES string of the molecule is CC[C@H](C)[C@H](NC(=O)[C@@H]1CCCN1)C(=O)N[C@@H](CC(C)C)C(=O)N[C@@H](CO)C(=O)N[C@@H](CO)C(=O)N[C@@H](Cc1ccccc1)C(=O)O. The molecule has 262 valence electrons. The van der Waals surface area contributed by atoms with Crippen molar-refractivity contribution in [1.82, 2.24) is 31.9 Å². The van der Waals surface area contributed by atoms with Gasteiger partial charge < -0.3 is 47.2 Å². The smallest absolute Gasteiger partial charge is 0.326 e. The van der Waals surface area contributed by atoms with E-state index in [0.717, 1.165) is 6.42 Å². The molecule has 1 aromatic rings. The highest BCUT2D eigenvalue weighted by atomic mass is 16.4. The average Bonchev–Trinajstić information content (AvgIpc) is 3.59. The first kappa shape index (κ1) is 39.1. The molecule has 0 radical (unpaired) electrons. The minimum absolute atomic E-state index is 0.0503. The number of amides is 5. The number of carboxylic acid groups (broad SMARTS) is 1. The molecule has 1 aromatic carbocycles. The van der Waals surface area contributed by atoms with E-state index in [9.17, 15) is 44.1 Å². The fourth-order valence-corrected chi connectivity index (χ4v) is 5.08. The number of nitrogens with one attached hydrogen (secondary N) is 6. The van der Waals surface area contributed by atoms with Gasteiger partial charge in [0.05, 0.1) is 19.3 Å². The average molecular weight is 663 g/mol. The van der Waals surface area contributed by atoms with Crippen molar-refractivity contribution in [2.24, 2.45) is 11.8 Å². The lowest BCUT2D eigenvalue weighted by Crippen LogP contribution is -2.61. The van der Waals surface area contributed by atoms with Crippen molar-refractivity contribution < 1.29 is 44.1 Å². The lowest BCUT2D eigenvalue weighted by atomic mass is 9.96. The molecule has 0 saturated carbocycles. The highest BCUT2D eigenvalue weighted by molar-refractivity contribution is 5.96. The molecule has 5 amide bonds. The Balaban J connectivity index is 2.09. The van der Waals surface area contributed by atoms with Gasteiger partial charge in [-0.05, 0) is 43.2 Å². The third-order valence-electron chi connectivity index (χ3n) is 8.04. The first-order chi connectivity index (χ1) is 22.3. The normalized spacial score (nSPS) is 18.1. The molecule has 1 fully saturated rings. The van der Waals surface area contributed by atoms with E-state index in [1.165, 1.54) is 0 Å². The minimum Gasteiger partial charge on any atom is -0.480 e. The quantitative estimate of drug-likeness (QED) is 0.0837. The van der Waals surface area contributed by atoms with Gasteiger partial charge in [-0.3, -0.25) is 24.0 Å². The topological polar surface area (TPSA) is 235 Å². The maximum absolute atomic E-state index is 13.4. The number of carbonyl (C=O) groups is 6. The van der Waals surface area contributed by atoms with Crippen molar-refractivity contribution in [3.05, 3.63) is 35.9 Å². The van der Waals surface area contributed by atoms with Crippen molar-refractivity contribution in [3.63, 3.8) is 0 Å². The molecule has 7 atom stereocenters. The van der Waals surface area contributed by atoms with Crippen LogP contribution >= 0.6 is 0 Å². The standard InChI is InChI=1S/C32H50N6O9/c1-5-19(4)26(38-27(41)21-12-9-13-33-21)31(45)34-22(14-18(2)3)28(42)36-25(17-40)30(44)37-24(16-39)29(43)35-23(32(46)47)15-20-10-7-6-8-11-20/h6-8,10-11,18-19,21-26,33,39-40H,5,9,12-17H2,1-4H3,(H,34,45)(H,35,43)(H,36,42)(H,37,44)(H,38,41)(H,46,47)/t19-,21-,22-,23-,24-,25-,26-/m0/s1. The molecule has 1 aliphatic rings. The summed E-state index contributed by atoms with van der Waals surface area (Å²) in [5, 5.41) is 44.8. The molecular weight excluding hydrogens is 612 g/mol. The molecule has 2 rings (SSSR count). The van der Waals surface area contributed by atoms with E-state index < -0.39 is 79.1 Å². The van der Waals surface area contributed by atoms with Crippen molar-refractivity contribution in [2.45, 2.75) is 96.1 Å². The summed E-state index contributed by atoms with van der Waals surface area (Å²) in [6.45, 7) is 6.26. The summed E-state index contributed by atoms with van der Waals surface area (Å²) in [7, 11) is 0. The molecule has 1 heterocycles. The van der Waals surface area contributed by atoms with Gasteiger partial charge in [-0.15, -0.1) is 0 Å². The predicted octanol–water partition coefficient (Wildman–Crippen LogP) is -1.43. The first-order valence-electron chi connectivity index (χ1n) is 16.0. The summed E-state index contributed by atoms with van der Waals surface area (Å²) < 4.78 is 0. The summed E-state index contributed by atoms with van der Waals surface area (Å²) in [6, 6.07) is 1.56. The lowest BCUT2D eigenvalue weighted by Gasteiger charge is -2.29. The van der Waals surface area contributed by atoms with Gasteiger partial charge in [0.25, 0.3) is 0 Å². The van der Waals surface area contributed by atoms with Gasteiger partial charge in [0, 0.05) is 6.42 Å².